The van der Waals surface area contributed by atoms with Crippen LogP contribution in [0.4, 0.5) is 0 Å². The second-order valence-electron chi connectivity index (χ2n) is 4.83. The van der Waals surface area contributed by atoms with Gasteiger partial charge in [0.1, 0.15) is 6.04 Å². The van der Waals surface area contributed by atoms with E-state index in [1.165, 1.54) is 0 Å². The molecule has 0 bridgehead atoms. The first-order chi connectivity index (χ1) is 8.99. The van der Waals surface area contributed by atoms with E-state index in [4.69, 9.17) is 10.8 Å². The van der Waals surface area contributed by atoms with Crippen LogP contribution in [0.3, 0.4) is 0 Å². The Labute approximate surface area is 111 Å². The molecule has 1 atom stereocenters. The van der Waals surface area contributed by atoms with Crippen molar-refractivity contribution < 1.29 is 14.7 Å². The third-order valence-electron chi connectivity index (χ3n) is 3.19. The Balaban J connectivity index is 2.04. The molecule has 1 amide bonds. The van der Waals surface area contributed by atoms with Gasteiger partial charge in [-0.05, 0) is 12.8 Å². The third kappa shape index (κ3) is 3.31. The molecular formula is C12H18N4O3. The quantitative estimate of drug-likeness (QED) is 0.747. The number of carbonyl (C=O) groups excluding carboxylic acids is 1. The molecule has 1 saturated carbocycles. The smallest absolute Gasteiger partial charge is 0.305 e. The Hall–Kier alpha value is -1.89. The largest absolute Gasteiger partial charge is 0.481 e. The molecule has 3 N–H and O–H groups in total. The summed E-state index contributed by atoms with van der Waals surface area (Å²) in [5.41, 5.74) is 6.58. The van der Waals surface area contributed by atoms with E-state index < -0.39 is 12.0 Å². The number of aliphatic carboxylic acids is 1. The summed E-state index contributed by atoms with van der Waals surface area (Å²) in [6, 6.07) is -0.627. The lowest BCUT2D eigenvalue weighted by atomic mass is 10.1. The van der Waals surface area contributed by atoms with Crippen molar-refractivity contribution >= 4 is 11.9 Å². The standard InChI is InChI=1S/C12H18N4O3/c1-15-7-8(6-14-15)11(13)12(19)16(9-2-3-9)5-4-10(17)18/h6-7,9,11H,2-5,13H2,1H3,(H,17,18). The van der Waals surface area contributed by atoms with Gasteiger partial charge in [-0.3, -0.25) is 14.3 Å². The van der Waals surface area contributed by atoms with Crippen LogP contribution < -0.4 is 5.73 Å². The highest BCUT2D eigenvalue weighted by molar-refractivity contribution is 5.84. The molecule has 1 fully saturated rings. The maximum absolute atomic E-state index is 12.3. The fraction of sp³-hybridized carbons (Fsp3) is 0.583. The van der Waals surface area contributed by atoms with Crippen LogP contribution in [0.25, 0.3) is 0 Å². The average Bonchev–Trinajstić information content (AvgIpc) is 3.09. The summed E-state index contributed by atoms with van der Waals surface area (Å²) in [5, 5.41) is 12.7. The highest BCUT2D eigenvalue weighted by Gasteiger charge is 2.35. The van der Waals surface area contributed by atoms with Crippen LogP contribution in [0.15, 0.2) is 12.4 Å². The predicted molar refractivity (Wildman–Crippen MR) is 67.1 cm³/mol. The van der Waals surface area contributed by atoms with Gasteiger partial charge < -0.3 is 15.7 Å². The number of hydrogen-bond acceptors (Lipinski definition) is 4. The summed E-state index contributed by atoms with van der Waals surface area (Å²) in [7, 11) is 1.75. The molecule has 1 aromatic heterocycles. The van der Waals surface area contributed by atoms with Crippen molar-refractivity contribution in [1.82, 2.24) is 14.7 Å². The lowest BCUT2D eigenvalue weighted by Gasteiger charge is -2.24. The van der Waals surface area contributed by atoms with Crippen LogP contribution >= 0.6 is 0 Å². The molecule has 7 heteroatoms. The Bertz CT molecular complexity index is 481. The lowest BCUT2D eigenvalue weighted by Crippen LogP contribution is -2.41. The number of carboxylic acid groups (broad SMARTS) is 1. The number of rotatable bonds is 6. The van der Waals surface area contributed by atoms with Crippen LogP contribution in [0.5, 0.6) is 0 Å². The van der Waals surface area contributed by atoms with E-state index in [1.54, 1.807) is 29.0 Å². The molecule has 1 heterocycles. The number of aromatic nitrogens is 2. The maximum Gasteiger partial charge on any atom is 0.305 e. The molecule has 19 heavy (non-hydrogen) atoms. The number of nitrogens with zero attached hydrogens (tertiary/aromatic N) is 3. The summed E-state index contributed by atoms with van der Waals surface area (Å²) in [6.45, 7) is 0.215. The van der Waals surface area contributed by atoms with Gasteiger partial charge in [0.05, 0.1) is 12.6 Å². The highest BCUT2D eigenvalue weighted by Crippen LogP contribution is 2.29. The SMILES string of the molecule is Cn1cc(C(N)C(=O)N(CCC(=O)O)C2CC2)cn1. The highest BCUT2D eigenvalue weighted by atomic mass is 16.4. The van der Waals surface area contributed by atoms with Crippen LogP contribution in [-0.2, 0) is 16.6 Å². The predicted octanol–water partition coefficient (Wildman–Crippen LogP) is -0.114. The zero-order chi connectivity index (χ0) is 14.0. The topological polar surface area (TPSA) is 101 Å². The fourth-order valence-electron chi connectivity index (χ4n) is 2.00. The van der Waals surface area contributed by atoms with E-state index in [9.17, 15) is 9.59 Å². The number of aryl methyl sites for hydroxylation is 1. The summed E-state index contributed by atoms with van der Waals surface area (Å²) in [4.78, 5) is 24.5. The van der Waals surface area contributed by atoms with Crippen molar-refractivity contribution in [2.24, 2.45) is 12.8 Å². The van der Waals surface area contributed by atoms with Crippen molar-refractivity contribution in [3.63, 3.8) is 0 Å². The number of hydrogen-bond donors (Lipinski definition) is 2. The van der Waals surface area contributed by atoms with E-state index in [-0.39, 0.29) is 24.9 Å². The van der Waals surface area contributed by atoms with Crippen molar-refractivity contribution in [1.29, 1.82) is 0 Å². The second kappa shape index (κ2) is 5.40. The average molecular weight is 266 g/mol. The maximum atomic E-state index is 12.3. The molecule has 1 aliphatic rings. The molecule has 0 radical (unpaired) electrons. The van der Waals surface area contributed by atoms with Crippen LogP contribution in [0, 0.1) is 0 Å². The molecule has 0 saturated heterocycles. The van der Waals surface area contributed by atoms with Crippen molar-refractivity contribution in [3.8, 4) is 0 Å². The summed E-state index contributed by atoms with van der Waals surface area (Å²) in [5.74, 6) is -1.13. The minimum Gasteiger partial charge on any atom is -0.481 e. The van der Waals surface area contributed by atoms with E-state index in [2.05, 4.69) is 5.10 Å². The van der Waals surface area contributed by atoms with E-state index >= 15 is 0 Å². The number of carboxylic acids is 1. The molecule has 1 unspecified atom stereocenters. The van der Waals surface area contributed by atoms with E-state index in [0.29, 0.717) is 5.56 Å². The molecule has 7 nitrogen and oxygen atoms in total. The van der Waals surface area contributed by atoms with Gasteiger partial charge in [-0.15, -0.1) is 0 Å². The number of nitrogens with two attached hydrogens (primary N) is 1. The van der Waals surface area contributed by atoms with Gasteiger partial charge in [0, 0.05) is 31.4 Å². The third-order valence-corrected chi connectivity index (χ3v) is 3.19. The summed E-state index contributed by atoms with van der Waals surface area (Å²) in [6.07, 6.45) is 5.05. The minimum atomic E-state index is -0.909. The first-order valence-electron chi connectivity index (χ1n) is 6.25. The van der Waals surface area contributed by atoms with E-state index in [0.717, 1.165) is 12.8 Å². The van der Waals surface area contributed by atoms with Gasteiger partial charge >= 0.3 is 5.97 Å². The monoisotopic (exact) mass is 266 g/mol. The van der Waals surface area contributed by atoms with Gasteiger partial charge in [0.2, 0.25) is 5.91 Å². The molecule has 104 valence electrons. The molecular weight excluding hydrogens is 248 g/mol. The fourth-order valence-corrected chi connectivity index (χ4v) is 2.00. The Kier molecular flexibility index (Phi) is 3.84. The van der Waals surface area contributed by atoms with Gasteiger partial charge in [0.15, 0.2) is 0 Å². The lowest BCUT2D eigenvalue weighted by molar-refractivity contribution is -0.139. The number of amides is 1. The van der Waals surface area contributed by atoms with Crippen LogP contribution in [0.1, 0.15) is 30.9 Å². The van der Waals surface area contributed by atoms with E-state index in [1.807, 2.05) is 0 Å². The minimum absolute atomic E-state index is 0.0536. The van der Waals surface area contributed by atoms with Crippen LogP contribution in [-0.4, -0.2) is 44.3 Å². The van der Waals surface area contributed by atoms with Gasteiger partial charge in [-0.25, -0.2) is 0 Å². The van der Waals surface area contributed by atoms with Gasteiger partial charge in [-0.2, -0.15) is 5.10 Å². The summed E-state index contributed by atoms with van der Waals surface area (Å²) >= 11 is 0. The van der Waals surface area contributed by atoms with Crippen molar-refractivity contribution in [2.75, 3.05) is 6.54 Å². The van der Waals surface area contributed by atoms with Gasteiger partial charge in [-0.1, -0.05) is 0 Å². The first-order valence-corrected chi connectivity index (χ1v) is 6.25. The molecule has 0 spiro atoms. The zero-order valence-corrected chi connectivity index (χ0v) is 10.8. The zero-order valence-electron chi connectivity index (χ0n) is 10.8. The molecule has 0 aliphatic heterocycles. The van der Waals surface area contributed by atoms with Gasteiger partial charge in [0.25, 0.3) is 0 Å². The molecule has 2 rings (SSSR count). The van der Waals surface area contributed by atoms with Crippen LogP contribution in [0.2, 0.25) is 0 Å². The Morgan fingerprint density at radius 3 is 2.79 bits per heavy atom. The summed E-state index contributed by atoms with van der Waals surface area (Å²) < 4.78 is 1.58. The Morgan fingerprint density at radius 1 is 1.63 bits per heavy atom. The Morgan fingerprint density at radius 2 is 2.32 bits per heavy atom. The van der Waals surface area contributed by atoms with Crippen molar-refractivity contribution in [2.45, 2.75) is 31.3 Å². The number of carbonyl (C=O) groups is 2. The molecule has 1 aromatic rings. The molecule has 1 aliphatic carbocycles. The normalized spacial score (nSPS) is 16.1. The first kappa shape index (κ1) is 13.5. The second-order valence-corrected chi connectivity index (χ2v) is 4.83. The molecule has 0 aromatic carbocycles. The van der Waals surface area contributed by atoms with Crippen molar-refractivity contribution in [3.05, 3.63) is 18.0 Å².